The van der Waals surface area contributed by atoms with Gasteiger partial charge in [-0.15, -0.1) is 0 Å². The number of rotatable bonds is 9. The molecule has 0 bridgehead atoms. The predicted molar refractivity (Wildman–Crippen MR) is 79.7 cm³/mol. The number of nitrogens with one attached hydrogen (secondary N) is 1. The Morgan fingerprint density at radius 2 is 1.77 bits per heavy atom. The number of esters is 2. The number of hydrogen-bond donors (Lipinski definition) is 1. The summed E-state index contributed by atoms with van der Waals surface area (Å²) in [7, 11) is 0. The molecule has 0 unspecified atom stereocenters. The fourth-order valence-electron chi connectivity index (χ4n) is 1.56. The smallest absolute Gasteiger partial charge is 0.325 e. The Morgan fingerprint density at radius 1 is 1.05 bits per heavy atom. The molecule has 1 aromatic rings. The van der Waals surface area contributed by atoms with Crippen LogP contribution in [0.5, 0.6) is 0 Å². The van der Waals surface area contributed by atoms with Gasteiger partial charge in [0.25, 0.3) is 0 Å². The summed E-state index contributed by atoms with van der Waals surface area (Å²) in [5.41, 5.74) is 0.925. The van der Waals surface area contributed by atoms with Crippen molar-refractivity contribution in [3.63, 3.8) is 0 Å². The fraction of sp³-hybridized carbons (Fsp3) is 0.438. The van der Waals surface area contributed by atoms with Crippen molar-refractivity contribution in [2.45, 2.75) is 32.8 Å². The normalized spacial score (nSPS) is 9.86. The maximum absolute atomic E-state index is 11.5. The van der Waals surface area contributed by atoms with E-state index in [1.54, 1.807) is 6.92 Å². The van der Waals surface area contributed by atoms with Gasteiger partial charge in [0.15, 0.2) is 0 Å². The van der Waals surface area contributed by atoms with Gasteiger partial charge in [0.1, 0.15) is 13.2 Å². The van der Waals surface area contributed by atoms with Crippen LogP contribution in [-0.4, -0.2) is 31.0 Å². The highest BCUT2D eigenvalue weighted by Crippen LogP contribution is 2.02. The average molecular weight is 307 g/mol. The monoisotopic (exact) mass is 307 g/mol. The van der Waals surface area contributed by atoms with E-state index >= 15 is 0 Å². The summed E-state index contributed by atoms with van der Waals surface area (Å²) in [4.78, 5) is 33.7. The van der Waals surface area contributed by atoms with Gasteiger partial charge in [-0.2, -0.15) is 0 Å². The Morgan fingerprint density at radius 3 is 2.45 bits per heavy atom. The molecule has 0 heterocycles. The minimum Gasteiger partial charge on any atom is -0.464 e. The number of benzene rings is 1. The summed E-state index contributed by atoms with van der Waals surface area (Å²) in [6.45, 7) is 1.91. The van der Waals surface area contributed by atoms with Gasteiger partial charge in [0.2, 0.25) is 5.91 Å². The van der Waals surface area contributed by atoms with Gasteiger partial charge in [-0.05, 0) is 12.0 Å². The number of carbonyl (C=O) groups excluding carboxylic acids is 3. The average Bonchev–Trinajstić information content (AvgIpc) is 2.55. The Hall–Kier alpha value is -2.37. The lowest BCUT2D eigenvalue weighted by atomic mass is 10.2. The molecule has 0 saturated heterocycles. The first-order valence-corrected chi connectivity index (χ1v) is 7.23. The second-order valence-corrected chi connectivity index (χ2v) is 4.60. The molecule has 6 heteroatoms. The molecule has 0 aliphatic rings. The Labute approximate surface area is 129 Å². The van der Waals surface area contributed by atoms with E-state index in [4.69, 9.17) is 9.47 Å². The van der Waals surface area contributed by atoms with E-state index in [2.05, 4.69) is 5.32 Å². The molecule has 120 valence electrons. The van der Waals surface area contributed by atoms with E-state index in [0.29, 0.717) is 12.8 Å². The van der Waals surface area contributed by atoms with Crippen LogP contribution in [0.2, 0.25) is 0 Å². The third kappa shape index (κ3) is 8.04. The summed E-state index contributed by atoms with van der Waals surface area (Å²) in [5.74, 6) is -1.06. The maximum Gasteiger partial charge on any atom is 0.325 e. The highest BCUT2D eigenvalue weighted by Gasteiger charge is 2.07. The summed E-state index contributed by atoms with van der Waals surface area (Å²) < 4.78 is 9.98. The summed E-state index contributed by atoms with van der Waals surface area (Å²) in [5, 5.41) is 2.42. The molecule has 1 aromatic carbocycles. The molecule has 0 spiro atoms. The molecule has 0 fully saturated rings. The summed E-state index contributed by atoms with van der Waals surface area (Å²) in [6.07, 6.45) is 0.892. The lowest BCUT2D eigenvalue weighted by Crippen LogP contribution is -2.30. The minimum absolute atomic E-state index is 0.126. The molecule has 1 N–H and O–H groups in total. The highest BCUT2D eigenvalue weighted by molar-refractivity contribution is 5.81. The SMILES string of the molecule is CCC(=O)NCC(=O)OCCCC(=O)OCc1ccccc1. The first-order chi connectivity index (χ1) is 10.6. The molecule has 0 aromatic heterocycles. The standard InChI is InChI=1S/C16H21NO5/c1-2-14(18)17-11-16(20)21-10-6-9-15(19)22-12-13-7-4-3-5-8-13/h3-5,7-8H,2,6,9-12H2,1H3,(H,17,18). The van der Waals surface area contributed by atoms with Crippen molar-refractivity contribution in [1.82, 2.24) is 5.32 Å². The van der Waals surface area contributed by atoms with E-state index in [-0.39, 0.29) is 38.1 Å². The van der Waals surface area contributed by atoms with Gasteiger partial charge in [0, 0.05) is 12.8 Å². The van der Waals surface area contributed by atoms with Crippen molar-refractivity contribution in [3.05, 3.63) is 35.9 Å². The van der Waals surface area contributed by atoms with Gasteiger partial charge in [-0.1, -0.05) is 37.3 Å². The molecular weight excluding hydrogens is 286 g/mol. The van der Waals surface area contributed by atoms with Crippen LogP contribution in [0.3, 0.4) is 0 Å². The largest absolute Gasteiger partial charge is 0.464 e. The van der Waals surface area contributed by atoms with E-state index < -0.39 is 5.97 Å². The topological polar surface area (TPSA) is 81.7 Å². The van der Waals surface area contributed by atoms with Gasteiger partial charge in [0.05, 0.1) is 6.61 Å². The Balaban J connectivity index is 2.05. The van der Waals surface area contributed by atoms with Crippen molar-refractivity contribution in [3.8, 4) is 0 Å². The van der Waals surface area contributed by atoms with Crippen molar-refractivity contribution in [2.75, 3.05) is 13.2 Å². The number of carbonyl (C=O) groups is 3. The summed E-state index contributed by atoms with van der Waals surface area (Å²) in [6, 6.07) is 9.39. The molecule has 0 saturated carbocycles. The molecule has 1 amide bonds. The Kier molecular flexibility index (Phi) is 8.33. The van der Waals surface area contributed by atoms with Crippen LogP contribution in [0, 0.1) is 0 Å². The van der Waals surface area contributed by atoms with Crippen LogP contribution in [0.1, 0.15) is 31.7 Å². The molecule has 0 aliphatic carbocycles. The van der Waals surface area contributed by atoms with Crippen LogP contribution >= 0.6 is 0 Å². The second-order valence-electron chi connectivity index (χ2n) is 4.60. The second kappa shape index (κ2) is 10.4. The van der Waals surface area contributed by atoms with Crippen LogP contribution in [0.25, 0.3) is 0 Å². The lowest BCUT2D eigenvalue weighted by molar-refractivity contribution is -0.148. The van der Waals surface area contributed by atoms with Gasteiger partial charge in [-0.25, -0.2) is 0 Å². The molecular formula is C16H21NO5. The van der Waals surface area contributed by atoms with Crippen LogP contribution < -0.4 is 5.32 Å². The zero-order valence-electron chi connectivity index (χ0n) is 12.7. The molecule has 0 aliphatic heterocycles. The minimum atomic E-state index is -0.514. The van der Waals surface area contributed by atoms with Crippen LogP contribution in [-0.2, 0) is 30.5 Å². The van der Waals surface area contributed by atoms with Crippen LogP contribution in [0.4, 0.5) is 0 Å². The van der Waals surface area contributed by atoms with Crippen LogP contribution in [0.15, 0.2) is 30.3 Å². The quantitative estimate of drug-likeness (QED) is 0.553. The molecule has 6 nitrogen and oxygen atoms in total. The molecule has 22 heavy (non-hydrogen) atoms. The van der Waals surface area contributed by atoms with Crippen molar-refractivity contribution < 1.29 is 23.9 Å². The first-order valence-electron chi connectivity index (χ1n) is 7.23. The van der Waals surface area contributed by atoms with Crippen molar-refractivity contribution in [1.29, 1.82) is 0 Å². The Bertz CT molecular complexity index is 487. The van der Waals surface area contributed by atoms with Crippen molar-refractivity contribution in [2.24, 2.45) is 0 Å². The predicted octanol–water partition coefficient (Wildman–Crippen LogP) is 1.58. The third-order valence-electron chi connectivity index (χ3n) is 2.78. The zero-order valence-corrected chi connectivity index (χ0v) is 12.7. The van der Waals surface area contributed by atoms with Crippen molar-refractivity contribution >= 4 is 17.8 Å². The fourth-order valence-corrected chi connectivity index (χ4v) is 1.56. The van der Waals surface area contributed by atoms with E-state index in [1.807, 2.05) is 30.3 Å². The van der Waals surface area contributed by atoms with Gasteiger partial charge >= 0.3 is 11.9 Å². The molecule has 0 radical (unpaired) electrons. The lowest BCUT2D eigenvalue weighted by Gasteiger charge is -2.06. The number of ether oxygens (including phenoxy) is 2. The van der Waals surface area contributed by atoms with E-state index in [9.17, 15) is 14.4 Å². The van der Waals surface area contributed by atoms with E-state index in [0.717, 1.165) is 5.56 Å². The van der Waals surface area contributed by atoms with E-state index in [1.165, 1.54) is 0 Å². The number of amides is 1. The van der Waals surface area contributed by atoms with Gasteiger partial charge in [-0.3, -0.25) is 14.4 Å². The zero-order chi connectivity index (χ0) is 16.2. The highest BCUT2D eigenvalue weighted by atomic mass is 16.5. The summed E-state index contributed by atoms with van der Waals surface area (Å²) >= 11 is 0. The number of hydrogen-bond acceptors (Lipinski definition) is 5. The maximum atomic E-state index is 11.5. The molecule has 1 rings (SSSR count). The molecule has 0 atom stereocenters. The first kappa shape index (κ1) is 17.7. The van der Waals surface area contributed by atoms with Gasteiger partial charge < -0.3 is 14.8 Å². The third-order valence-corrected chi connectivity index (χ3v) is 2.78.